The summed E-state index contributed by atoms with van der Waals surface area (Å²) in [4.78, 5) is 16.3. The summed E-state index contributed by atoms with van der Waals surface area (Å²) in [5.41, 5.74) is 8.16. The lowest BCUT2D eigenvalue weighted by atomic mass is 10.1. The molecule has 0 saturated carbocycles. The molecule has 1 atom stereocenters. The van der Waals surface area contributed by atoms with E-state index in [1.165, 1.54) is 5.56 Å². The van der Waals surface area contributed by atoms with E-state index in [4.69, 9.17) is 5.73 Å². The van der Waals surface area contributed by atoms with Crippen LogP contribution in [0, 0.1) is 6.92 Å². The standard InChI is InChI=1S/C16H21N3OS/c1-12-11-21-15(19-12)9-10-18-16(20)14(17)8-7-13-5-3-2-4-6-13/h2-6,11,14H,7-10,17H2,1H3,(H,18,20). The van der Waals surface area contributed by atoms with Crippen molar-refractivity contribution in [3.63, 3.8) is 0 Å². The third-order valence-corrected chi connectivity index (χ3v) is 4.25. The molecule has 0 radical (unpaired) electrons. The van der Waals surface area contributed by atoms with Crippen molar-refractivity contribution in [2.45, 2.75) is 32.2 Å². The Hall–Kier alpha value is -1.72. The quantitative estimate of drug-likeness (QED) is 0.823. The highest BCUT2D eigenvalue weighted by Gasteiger charge is 2.12. The van der Waals surface area contributed by atoms with Gasteiger partial charge >= 0.3 is 0 Å². The lowest BCUT2D eigenvalue weighted by Gasteiger charge is -2.11. The molecule has 1 aromatic carbocycles. The highest BCUT2D eigenvalue weighted by molar-refractivity contribution is 7.09. The van der Waals surface area contributed by atoms with Gasteiger partial charge in [-0.1, -0.05) is 30.3 Å². The molecule has 5 heteroatoms. The van der Waals surface area contributed by atoms with Crippen LogP contribution in [-0.4, -0.2) is 23.5 Å². The van der Waals surface area contributed by atoms with E-state index in [0.717, 1.165) is 23.5 Å². The van der Waals surface area contributed by atoms with Crippen molar-refractivity contribution in [3.8, 4) is 0 Å². The molecule has 4 nitrogen and oxygen atoms in total. The molecule has 2 aromatic rings. The number of hydrogen-bond acceptors (Lipinski definition) is 4. The van der Waals surface area contributed by atoms with Crippen LogP contribution in [0.3, 0.4) is 0 Å². The zero-order chi connectivity index (χ0) is 15.1. The number of benzene rings is 1. The van der Waals surface area contributed by atoms with Gasteiger partial charge in [0.05, 0.1) is 11.0 Å². The normalized spacial score (nSPS) is 12.1. The van der Waals surface area contributed by atoms with E-state index in [2.05, 4.69) is 22.4 Å². The van der Waals surface area contributed by atoms with E-state index in [9.17, 15) is 4.79 Å². The van der Waals surface area contributed by atoms with Crippen molar-refractivity contribution in [2.24, 2.45) is 5.73 Å². The fourth-order valence-corrected chi connectivity index (χ4v) is 2.82. The van der Waals surface area contributed by atoms with Gasteiger partial charge in [0.2, 0.25) is 5.91 Å². The molecule has 112 valence electrons. The molecule has 0 aliphatic heterocycles. The Labute approximate surface area is 129 Å². The number of carbonyl (C=O) groups is 1. The number of rotatable bonds is 7. The summed E-state index contributed by atoms with van der Waals surface area (Å²) in [6, 6.07) is 9.62. The fourth-order valence-electron chi connectivity index (χ4n) is 2.04. The van der Waals surface area contributed by atoms with E-state index < -0.39 is 6.04 Å². The third kappa shape index (κ3) is 5.28. The van der Waals surface area contributed by atoms with Crippen LogP contribution in [0.25, 0.3) is 0 Å². The summed E-state index contributed by atoms with van der Waals surface area (Å²) >= 11 is 1.62. The minimum absolute atomic E-state index is 0.0841. The molecule has 0 aliphatic carbocycles. The van der Waals surface area contributed by atoms with Crippen molar-refractivity contribution in [1.82, 2.24) is 10.3 Å². The maximum absolute atomic E-state index is 11.9. The Morgan fingerprint density at radius 2 is 2.10 bits per heavy atom. The van der Waals surface area contributed by atoms with Gasteiger partial charge in [-0.2, -0.15) is 0 Å². The van der Waals surface area contributed by atoms with Crippen LogP contribution in [0.5, 0.6) is 0 Å². The number of nitrogens with zero attached hydrogens (tertiary/aromatic N) is 1. The molecule has 1 unspecified atom stereocenters. The van der Waals surface area contributed by atoms with Crippen LogP contribution in [0.4, 0.5) is 0 Å². The Kier molecular flexibility index (Phi) is 5.90. The maximum Gasteiger partial charge on any atom is 0.236 e. The SMILES string of the molecule is Cc1csc(CCNC(=O)C(N)CCc2ccccc2)n1. The second-order valence-electron chi connectivity index (χ2n) is 5.05. The molecular formula is C16H21N3OS. The Morgan fingerprint density at radius 3 is 2.76 bits per heavy atom. The molecule has 1 heterocycles. The highest BCUT2D eigenvalue weighted by Crippen LogP contribution is 2.08. The van der Waals surface area contributed by atoms with Gasteiger partial charge in [0.15, 0.2) is 0 Å². The van der Waals surface area contributed by atoms with Gasteiger partial charge in [0, 0.05) is 24.0 Å². The van der Waals surface area contributed by atoms with Crippen LogP contribution >= 0.6 is 11.3 Å². The Balaban J connectivity index is 1.67. The topological polar surface area (TPSA) is 68.0 Å². The second kappa shape index (κ2) is 7.90. The minimum atomic E-state index is -0.455. The molecule has 21 heavy (non-hydrogen) atoms. The lowest BCUT2D eigenvalue weighted by Crippen LogP contribution is -2.41. The summed E-state index contributed by atoms with van der Waals surface area (Å²) in [5, 5.41) is 5.94. The molecule has 0 spiro atoms. The third-order valence-electron chi connectivity index (χ3n) is 3.23. The van der Waals surface area contributed by atoms with Crippen LogP contribution in [0.2, 0.25) is 0 Å². The van der Waals surface area contributed by atoms with Gasteiger partial charge in [-0.05, 0) is 25.3 Å². The van der Waals surface area contributed by atoms with Gasteiger partial charge in [0.25, 0.3) is 0 Å². The summed E-state index contributed by atoms with van der Waals surface area (Å²) in [6.45, 7) is 2.56. The zero-order valence-electron chi connectivity index (χ0n) is 12.2. The van der Waals surface area contributed by atoms with Crippen LogP contribution in [-0.2, 0) is 17.6 Å². The zero-order valence-corrected chi connectivity index (χ0v) is 13.0. The maximum atomic E-state index is 11.9. The first-order valence-corrected chi connectivity index (χ1v) is 8.01. The molecule has 0 bridgehead atoms. The monoisotopic (exact) mass is 303 g/mol. The van der Waals surface area contributed by atoms with E-state index in [1.54, 1.807) is 11.3 Å². The first kappa shape index (κ1) is 15.7. The molecule has 3 N–H and O–H groups in total. The number of nitrogens with one attached hydrogen (secondary N) is 1. The summed E-state index contributed by atoms with van der Waals surface area (Å²) < 4.78 is 0. The number of aryl methyl sites for hydroxylation is 2. The van der Waals surface area contributed by atoms with Gasteiger partial charge < -0.3 is 11.1 Å². The van der Waals surface area contributed by atoms with E-state index in [1.807, 2.05) is 30.5 Å². The summed E-state index contributed by atoms with van der Waals surface area (Å²) in [5.74, 6) is -0.0841. The molecule has 1 aromatic heterocycles. The average Bonchev–Trinajstić information content (AvgIpc) is 2.91. The summed E-state index contributed by atoms with van der Waals surface area (Å²) in [7, 11) is 0. The van der Waals surface area contributed by atoms with Crippen molar-refractivity contribution < 1.29 is 4.79 Å². The number of nitrogens with two attached hydrogens (primary N) is 1. The molecule has 0 saturated heterocycles. The predicted molar refractivity (Wildman–Crippen MR) is 86.3 cm³/mol. The Bertz CT molecular complexity index is 568. The van der Waals surface area contributed by atoms with Crippen LogP contribution in [0.1, 0.15) is 22.7 Å². The molecular weight excluding hydrogens is 282 g/mol. The van der Waals surface area contributed by atoms with Gasteiger partial charge in [-0.25, -0.2) is 4.98 Å². The van der Waals surface area contributed by atoms with Gasteiger partial charge in [-0.3, -0.25) is 4.79 Å². The highest BCUT2D eigenvalue weighted by atomic mass is 32.1. The average molecular weight is 303 g/mol. The van der Waals surface area contributed by atoms with Crippen molar-refractivity contribution in [3.05, 3.63) is 52.0 Å². The summed E-state index contributed by atoms with van der Waals surface area (Å²) in [6.07, 6.45) is 2.24. The van der Waals surface area contributed by atoms with E-state index in [0.29, 0.717) is 13.0 Å². The molecule has 0 fully saturated rings. The molecule has 0 aliphatic rings. The van der Waals surface area contributed by atoms with Gasteiger partial charge in [-0.15, -0.1) is 11.3 Å². The number of amides is 1. The molecule has 2 rings (SSSR count). The lowest BCUT2D eigenvalue weighted by molar-refractivity contribution is -0.122. The van der Waals surface area contributed by atoms with Crippen LogP contribution in [0.15, 0.2) is 35.7 Å². The number of carbonyl (C=O) groups excluding carboxylic acids is 1. The molecule has 1 amide bonds. The smallest absolute Gasteiger partial charge is 0.236 e. The predicted octanol–water partition coefficient (Wildman–Crippen LogP) is 2.07. The van der Waals surface area contributed by atoms with E-state index >= 15 is 0 Å². The number of hydrogen-bond donors (Lipinski definition) is 2. The first-order valence-electron chi connectivity index (χ1n) is 7.13. The van der Waals surface area contributed by atoms with Crippen molar-refractivity contribution in [1.29, 1.82) is 0 Å². The first-order chi connectivity index (χ1) is 10.1. The number of aromatic nitrogens is 1. The number of thiazole rings is 1. The van der Waals surface area contributed by atoms with Crippen LogP contribution < -0.4 is 11.1 Å². The minimum Gasteiger partial charge on any atom is -0.354 e. The largest absolute Gasteiger partial charge is 0.354 e. The fraction of sp³-hybridized carbons (Fsp3) is 0.375. The van der Waals surface area contributed by atoms with E-state index in [-0.39, 0.29) is 5.91 Å². The van der Waals surface area contributed by atoms with Gasteiger partial charge in [0.1, 0.15) is 0 Å². The second-order valence-corrected chi connectivity index (χ2v) is 6.00. The Morgan fingerprint density at radius 1 is 1.33 bits per heavy atom. The van der Waals surface area contributed by atoms with Crippen molar-refractivity contribution >= 4 is 17.2 Å². The van der Waals surface area contributed by atoms with Crippen molar-refractivity contribution in [2.75, 3.05) is 6.54 Å².